The van der Waals surface area contributed by atoms with Gasteiger partial charge in [0, 0.05) is 20.7 Å². The molecule has 0 heterocycles. The molecule has 1 atom stereocenters. The molecule has 6 nitrogen and oxygen atoms in total. The van der Waals surface area contributed by atoms with Gasteiger partial charge >= 0.3 is 5.97 Å². The van der Waals surface area contributed by atoms with E-state index in [1.807, 2.05) is 30.3 Å². The molecule has 2 N–H and O–H groups in total. The lowest BCUT2D eigenvalue weighted by Crippen LogP contribution is -2.34. The number of carbonyl (C=O) groups excluding carboxylic acids is 2. The number of hydrogen-bond acceptors (Lipinski definition) is 5. The second kappa shape index (κ2) is 12.5. The molecule has 7 heteroatoms. The molecule has 156 valence electrons. The van der Waals surface area contributed by atoms with Gasteiger partial charge in [0.2, 0.25) is 0 Å². The number of hydrogen-bond donors (Lipinski definition) is 1. The van der Waals surface area contributed by atoms with Crippen LogP contribution in [0.15, 0.2) is 36.4 Å². The zero-order valence-electron chi connectivity index (χ0n) is 17.5. The molecule has 0 aromatic heterocycles. The van der Waals surface area contributed by atoms with Crippen molar-refractivity contribution in [1.29, 1.82) is 0 Å². The Morgan fingerprint density at radius 3 is 2.46 bits per heavy atom. The van der Waals surface area contributed by atoms with Gasteiger partial charge in [0.1, 0.15) is 6.04 Å². The summed E-state index contributed by atoms with van der Waals surface area (Å²) in [5.74, 6) is -0.596. The molecule has 0 fully saturated rings. The van der Waals surface area contributed by atoms with Gasteiger partial charge in [0.25, 0.3) is 5.91 Å². The topological polar surface area (TPSA) is 81.9 Å². The van der Waals surface area contributed by atoms with E-state index in [9.17, 15) is 9.59 Å². The van der Waals surface area contributed by atoms with Gasteiger partial charge in [0.15, 0.2) is 0 Å². The molecular weight excluding hydrogens is 372 g/mol. The maximum atomic E-state index is 12.6. The molecule has 1 amide bonds. The molecule has 0 saturated heterocycles. The van der Waals surface area contributed by atoms with Crippen molar-refractivity contribution in [2.75, 3.05) is 20.3 Å². The van der Waals surface area contributed by atoms with E-state index >= 15 is 0 Å². The van der Waals surface area contributed by atoms with Crippen molar-refractivity contribution in [3.05, 3.63) is 42.0 Å². The second-order valence-electron chi connectivity index (χ2n) is 7.95. The molecule has 28 heavy (non-hydrogen) atoms. The smallest absolute Gasteiger partial charge is 0.322 e. The Morgan fingerprint density at radius 2 is 1.86 bits per heavy atom. The minimum Gasteiger partial charge on any atom is -0.468 e. The summed E-state index contributed by atoms with van der Waals surface area (Å²) in [5.41, 5.74) is 6.71. The summed E-state index contributed by atoms with van der Waals surface area (Å²) >= 11 is 0. The van der Waals surface area contributed by atoms with Crippen LogP contribution < -0.4 is 5.73 Å². The summed E-state index contributed by atoms with van der Waals surface area (Å²) < 4.78 is 4.63. The van der Waals surface area contributed by atoms with E-state index < -0.39 is 20.1 Å². The first-order valence-electron chi connectivity index (χ1n) is 9.74. The number of benzene rings is 1. The Hall–Kier alpha value is -1.96. The number of nitrogens with zero attached hydrogens (tertiary/aromatic N) is 1. The Kier molecular flexibility index (Phi) is 10.7. The molecule has 0 saturated carbocycles. The Morgan fingerprint density at radius 1 is 1.18 bits per heavy atom. The van der Waals surface area contributed by atoms with Gasteiger partial charge in [-0.05, 0) is 36.9 Å². The van der Waals surface area contributed by atoms with Gasteiger partial charge in [-0.15, -0.1) is 0 Å². The van der Waals surface area contributed by atoms with E-state index in [0.717, 1.165) is 11.6 Å². The lowest BCUT2D eigenvalue weighted by atomic mass is 10.1. The fraction of sp³-hybridized carbons (Fsp3) is 0.524. The van der Waals surface area contributed by atoms with Crippen molar-refractivity contribution in [2.24, 2.45) is 5.73 Å². The van der Waals surface area contributed by atoms with Crippen molar-refractivity contribution in [1.82, 2.24) is 5.06 Å². The number of nitrogens with two attached hydrogens (primary N) is 1. The number of methoxy groups -OCH3 is 1. The lowest BCUT2D eigenvalue weighted by molar-refractivity contribution is -0.179. The van der Waals surface area contributed by atoms with Crippen LogP contribution in [0.5, 0.6) is 0 Å². The molecule has 0 radical (unpaired) electrons. The maximum absolute atomic E-state index is 12.6. The van der Waals surface area contributed by atoms with Crippen LogP contribution in [-0.2, 0) is 19.2 Å². The highest BCUT2D eigenvalue weighted by Gasteiger charge is 2.17. The Balaban J connectivity index is 2.58. The number of hydroxylamine groups is 2. The SMILES string of the molecule is COC(=O)[C@@H](N)CCCCN(OCC[Si](C)(C)C)C(=O)/C=C/c1ccccc1. The normalized spacial score (nSPS) is 12.8. The molecule has 0 unspecified atom stereocenters. The maximum Gasteiger partial charge on any atom is 0.322 e. The highest BCUT2D eigenvalue weighted by Crippen LogP contribution is 2.11. The third-order valence-electron chi connectivity index (χ3n) is 4.19. The van der Waals surface area contributed by atoms with Crippen molar-refractivity contribution in [3.63, 3.8) is 0 Å². The quantitative estimate of drug-likeness (QED) is 0.189. The Labute approximate surface area is 169 Å². The van der Waals surface area contributed by atoms with E-state index in [0.29, 0.717) is 32.4 Å². The molecule has 0 aliphatic heterocycles. The van der Waals surface area contributed by atoms with Crippen LogP contribution in [0.2, 0.25) is 25.7 Å². The van der Waals surface area contributed by atoms with Gasteiger partial charge < -0.3 is 10.5 Å². The van der Waals surface area contributed by atoms with Crippen LogP contribution in [0.4, 0.5) is 0 Å². The number of esters is 1. The summed E-state index contributed by atoms with van der Waals surface area (Å²) in [4.78, 5) is 29.7. The average molecular weight is 407 g/mol. The summed E-state index contributed by atoms with van der Waals surface area (Å²) in [5, 5.41) is 1.42. The minimum atomic E-state index is -1.25. The first-order chi connectivity index (χ1) is 13.2. The highest BCUT2D eigenvalue weighted by atomic mass is 28.3. The summed E-state index contributed by atoms with van der Waals surface area (Å²) in [6.07, 6.45) is 5.24. The van der Waals surface area contributed by atoms with Gasteiger partial charge in [-0.25, -0.2) is 5.06 Å². The monoisotopic (exact) mass is 406 g/mol. The third kappa shape index (κ3) is 10.4. The minimum absolute atomic E-state index is 0.184. The van der Waals surface area contributed by atoms with Crippen LogP contribution in [-0.4, -0.2) is 51.3 Å². The summed E-state index contributed by atoms with van der Waals surface area (Å²) in [6, 6.07) is 10.0. The molecule has 0 aliphatic rings. The molecule has 0 spiro atoms. The first kappa shape index (κ1) is 24.1. The van der Waals surface area contributed by atoms with E-state index in [1.165, 1.54) is 18.2 Å². The predicted molar refractivity (Wildman–Crippen MR) is 115 cm³/mol. The number of unbranched alkanes of at least 4 members (excludes halogenated alkanes) is 1. The van der Waals surface area contributed by atoms with Crippen LogP contribution >= 0.6 is 0 Å². The fourth-order valence-electron chi connectivity index (χ4n) is 2.40. The zero-order valence-corrected chi connectivity index (χ0v) is 18.5. The van der Waals surface area contributed by atoms with Gasteiger partial charge in [-0.2, -0.15) is 0 Å². The molecule has 0 aliphatic carbocycles. The average Bonchev–Trinajstić information content (AvgIpc) is 2.66. The first-order valence-corrected chi connectivity index (χ1v) is 13.4. The number of amides is 1. The predicted octanol–water partition coefficient (Wildman–Crippen LogP) is 3.47. The number of carbonyl (C=O) groups is 2. The van der Waals surface area contributed by atoms with E-state index in [1.54, 1.807) is 6.08 Å². The van der Waals surface area contributed by atoms with E-state index in [2.05, 4.69) is 24.4 Å². The number of rotatable bonds is 12. The fourth-order valence-corrected chi connectivity index (χ4v) is 3.11. The van der Waals surface area contributed by atoms with Crippen molar-refractivity contribution >= 4 is 26.0 Å². The highest BCUT2D eigenvalue weighted by molar-refractivity contribution is 6.76. The van der Waals surface area contributed by atoms with Gasteiger partial charge in [0.05, 0.1) is 13.7 Å². The second-order valence-corrected chi connectivity index (χ2v) is 13.6. The lowest BCUT2D eigenvalue weighted by Gasteiger charge is -2.23. The van der Waals surface area contributed by atoms with Crippen molar-refractivity contribution in [3.8, 4) is 0 Å². The van der Waals surface area contributed by atoms with Crippen LogP contribution in [0.3, 0.4) is 0 Å². The van der Waals surface area contributed by atoms with E-state index in [4.69, 9.17) is 10.6 Å². The summed E-state index contributed by atoms with van der Waals surface area (Å²) in [7, 11) is 0.0787. The van der Waals surface area contributed by atoms with Crippen molar-refractivity contribution < 1.29 is 19.2 Å². The third-order valence-corrected chi connectivity index (χ3v) is 5.90. The van der Waals surface area contributed by atoms with Gasteiger partial charge in [-0.3, -0.25) is 14.4 Å². The molecule has 1 aromatic carbocycles. The molecule has 0 bridgehead atoms. The zero-order chi connectivity index (χ0) is 21.0. The molecular formula is C21H34N2O4Si. The van der Waals surface area contributed by atoms with Crippen molar-refractivity contribution in [2.45, 2.75) is 51.0 Å². The Bertz CT molecular complexity index is 629. The van der Waals surface area contributed by atoms with Crippen LogP contribution in [0.1, 0.15) is 24.8 Å². The summed E-state index contributed by atoms with van der Waals surface area (Å²) in [6.45, 7) is 7.80. The molecule has 1 aromatic rings. The number of ether oxygens (including phenoxy) is 1. The largest absolute Gasteiger partial charge is 0.468 e. The molecule has 1 rings (SSSR count). The van der Waals surface area contributed by atoms with E-state index in [-0.39, 0.29) is 5.91 Å². The van der Waals surface area contributed by atoms with Crippen LogP contribution in [0, 0.1) is 0 Å². The standard InChI is InChI=1S/C21H34N2O4Si/c1-26-21(25)19(22)12-8-9-15-23(27-16-17-28(2,3)4)20(24)14-13-18-10-6-5-7-11-18/h5-7,10-11,13-14,19H,8-9,12,15-17,22H2,1-4H3/b14-13+/t19-/m0/s1. The van der Waals surface area contributed by atoms with Crippen LogP contribution in [0.25, 0.3) is 6.08 Å². The van der Waals surface area contributed by atoms with Gasteiger partial charge in [-0.1, -0.05) is 50.0 Å².